The lowest BCUT2D eigenvalue weighted by Gasteiger charge is -2.19. The smallest absolute Gasteiger partial charge is 0.0627 e. The van der Waals surface area contributed by atoms with Crippen molar-refractivity contribution in [3.05, 3.63) is 33.8 Å². The lowest BCUT2D eigenvalue weighted by molar-refractivity contribution is 0.136. The second kappa shape index (κ2) is 4.32. The molecule has 0 radical (unpaired) electrons. The molecule has 0 saturated heterocycles. The van der Waals surface area contributed by atoms with Crippen molar-refractivity contribution in [2.24, 2.45) is 5.92 Å². The van der Waals surface area contributed by atoms with Crippen molar-refractivity contribution in [3.8, 4) is 0 Å². The summed E-state index contributed by atoms with van der Waals surface area (Å²) in [5, 5.41) is 11.0. The normalized spacial score (nSPS) is 30.8. The Morgan fingerprint density at radius 2 is 2.00 bits per heavy atom. The zero-order valence-electron chi connectivity index (χ0n) is 8.58. The van der Waals surface area contributed by atoms with Gasteiger partial charge in [0.15, 0.2) is 0 Å². The van der Waals surface area contributed by atoms with E-state index in [4.69, 9.17) is 23.2 Å². The van der Waals surface area contributed by atoms with E-state index in [0.717, 1.165) is 18.4 Å². The summed E-state index contributed by atoms with van der Waals surface area (Å²) in [7, 11) is 0. The summed E-state index contributed by atoms with van der Waals surface area (Å²) in [5.41, 5.74) is 1.08. The van der Waals surface area contributed by atoms with Gasteiger partial charge in [-0.25, -0.2) is 0 Å². The first-order chi connectivity index (χ1) is 7.11. The Morgan fingerprint density at radius 3 is 2.60 bits per heavy atom. The van der Waals surface area contributed by atoms with Crippen LogP contribution in [0, 0.1) is 5.92 Å². The van der Waals surface area contributed by atoms with Crippen molar-refractivity contribution in [2.45, 2.75) is 31.8 Å². The van der Waals surface area contributed by atoms with Crippen molar-refractivity contribution >= 4 is 23.2 Å². The Kier molecular flexibility index (Phi) is 3.24. The number of benzene rings is 1. The van der Waals surface area contributed by atoms with Crippen LogP contribution in [0.5, 0.6) is 0 Å². The van der Waals surface area contributed by atoms with Gasteiger partial charge in [0.2, 0.25) is 0 Å². The number of rotatable bonds is 1. The van der Waals surface area contributed by atoms with Crippen molar-refractivity contribution < 1.29 is 5.11 Å². The molecular weight excluding hydrogens is 231 g/mol. The molecule has 2 rings (SSSR count). The summed E-state index contributed by atoms with van der Waals surface area (Å²) < 4.78 is 0. The Balaban J connectivity index is 2.34. The maximum atomic E-state index is 9.71. The minimum Gasteiger partial charge on any atom is -0.393 e. The molecule has 0 spiro atoms. The van der Waals surface area contributed by atoms with Crippen LogP contribution in [0.15, 0.2) is 18.2 Å². The SMILES string of the molecule is CC1C(O)CCC1c1cccc(Cl)c1Cl. The molecule has 15 heavy (non-hydrogen) atoms. The van der Waals surface area contributed by atoms with Crippen LogP contribution in [0.1, 0.15) is 31.2 Å². The Labute approximate surface area is 100 Å². The van der Waals surface area contributed by atoms with Gasteiger partial charge in [-0.2, -0.15) is 0 Å². The molecule has 0 heterocycles. The van der Waals surface area contributed by atoms with Crippen molar-refractivity contribution in [3.63, 3.8) is 0 Å². The first-order valence-corrected chi connectivity index (χ1v) is 5.99. The number of hydrogen-bond acceptors (Lipinski definition) is 1. The van der Waals surface area contributed by atoms with Crippen LogP contribution in [0.4, 0.5) is 0 Å². The highest BCUT2D eigenvalue weighted by Crippen LogP contribution is 2.43. The standard InChI is InChI=1S/C12H14Cl2O/c1-7-8(5-6-11(7)15)9-3-2-4-10(13)12(9)14/h2-4,7-8,11,15H,5-6H2,1H3. The fraction of sp³-hybridized carbons (Fsp3) is 0.500. The molecule has 1 aromatic carbocycles. The first-order valence-electron chi connectivity index (χ1n) is 5.23. The zero-order valence-corrected chi connectivity index (χ0v) is 10.1. The van der Waals surface area contributed by atoms with Crippen LogP contribution in [0.3, 0.4) is 0 Å². The predicted octanol–water partition coefficient (Wildman–Crippen LogP) is 3.87. The third-order valence-corrected chi connectivity index (χ3v) is 4.23. The van der Waals surface area contributed by atoms with Gasteiger partial charge in [0.05, 0.1) is 16.1 Å². The molecule has 3 unspecified atom stereocenters. The van der Waals surface area contributed by atoms with Gasteiger partial charge in [-0.3, -0.25) is 0 Å². The Morgan fingerprint density at radius 1 is 1.27 bits per heavy atom. The molecule has 1 aliphatic carbocycles. The quantitative estimate of drug-likeness (QED) is 0.796. The first kappa shape index (κ1) is 11.3. The summed E-state index contributed by atoms with van der Waals surface area (Å²) in [6, 6.07) is 5.72. The van der Waals surface area contributed by atoms with Crippen molar-refractivity contribution in [2.75, 3.05) is 0 Å². The number of hydrogen-bond donors (Lipinski definition) is 1. The number of aliphatic hydroxyl groups excluding tert-OH is 1. The van der Waals surface area contributed by atoms with Crippen LogP contribution in [-0.4, -0.2) is 11.2 Å². The molecule has 1 saturated carbocycles. The van der Waals surface area contributed by atoms with E-state index in [1.54, 1.807) is 6.07 Å². The molecule has 1 aromatic rings. The maximum absolute atomic E-state index is 9.71. The molecule has 0 aliphatic heterocycles. The van der Waals surface area contributed by atoms with E-state index in [1.165, 1.54) is 0 Å². The van der Waals surface area contributed by atoms with Gasteiger partial charge in [-0.15, -0.1) is 0 Å². The van der Waals surface area contributed by atoms with E-state index in [-0.39, 0.29) is 12.0 Å². The van der Waals surface area contributed by atoms with Gasteiger partial charge in [-0.1, -0.05) is 42.3 Å². The average molecular weight is 245 g/mol. The van der Waals surface area contributed by atoms with Crippen LogP contribution in [0.2, 0.25) is 10.0 Å². The molecule has 82 valence electrons. The molecule has 0 amide bonds. The molecule has 3 atom stereocenters. The van der Waals surface area contributed by atoms with Gasteiger partial charge >= 0.3 is 0 Å². The second-order valence-corrected chi connectivity index (χ2v) is 5.04. The molecule has 1 fully saturated rings. The minimum atomic E-state index is -0.204. The molecule has 1 nitrogen and oxygen atoms in total. The van der Waals surface area contributed by atoms with Crippen molar-refractivity contribution in [1.29, 1.82) is 0 Å². The predicted molar refractivity (Wildman–Crippen MR) is 63.6 cm³/mol. The lowest BCUT2D eigenvalue weighted by atomic mass is 9.89. The van der Waals surface area contributed by atoms with Crippen molar-refractivity contribution in [1.82, 2.24) is 0 Å². The van der Waals surface area contributed by atoms with Gasteiger partial charge in [0.1, 0.15) is 0 Å². The van der Waals surface area contributed by atoms with Gasteiger partial charge in [0, 0.05) is 0 Å². The van der Waals surface area contributed by atoms with E-state index < -0.39 is 0 Å². The molecule has 0 aromatic heterocycles. The van der Waals surface area contributed by atoms with E-state index in [9.17, 15) is 5.11 Å². The Hall–Kier alpha value is -0.240. The monoisotopic (exact) mass is 244 g/mol. The number of halogens is 2. The molecular formula is C12H14Cl2O. The van der Waals surface area contributed by atoms with E-state index >= 15 is 0 Å². The minimum absolute atomic E-state index is 0.204. The molecule has 3 heteroatoms. The molecule has 1 aliphatic rings. The van der Waals surface area contributed by atoms with Crippen LogP contribution >= 0.6 is 23.2 Å². The largest absolute Gasteiger partial charge is 0.393 e. The van der Waals surface area contributed by atoms with E-state index in [0.29, 0.717) is 16.0 Å². The summed E-state index contributed by atoms with van der Waals surface area (Å²) in [4.78, 5) is 0. The highest BCUT2D eigenvalue weighted by molar-refractivity contribution is 6.42. The highest BCUT2D eigenvalue weighted by atomic mass is 35.5. The zero-order chi connectivity index (χ0) is 11.0. The highest BCUT2D eigenvalue weighted by Gasteiger charge is 2.33. The summed E-state index contributed by atoms with van der Waals surface area (Å²) in [6.07, 6.45) is 1.64. The fourth-order valence-corrected chi connectivity index (χ4v) is 2.84. The Bertz CT molecular complexity index is 365. The van der Waals surface area contributed by atoms with E-state index in [1.807, 2.05) is 12.1 Å². The topological polar surface area (TPSA) is 20.2 Å². The van der Waals surface area contributed by atoms with Crippen LogP contribution < -0.4 is 0 Å². The van der Waals surface area contributed by atoms with Crippen LogP contribution in [-0.2, 0) is 0 Å². The molecule has 1 N–H and O–H groups in total. The number of aliphatic hydroxyl groups is 1. The molecule has 0 bridgehead atoms. The van der Waals surface area contributed by atoms with Gasteiger partial charge in [-0.05, 0) is 36.3 Å². The van der Waals surface area contributed by atoms with E-state index in [2.05, 4.69) is 6.92 Å². The second-order valence-electron chi connectivity index (χ2n) is 4.25. The summed E-state index contributed by atoms with van der Waals surface area (Å²) in [6.45, 7) is 2.07. The lowest BCUT2D eigenvalue weighted by Crippen LogP contribution is -2.14. The fourth-order valence-electron chi connectivity index (χ4n) is 2.39. The average Bonchev–Trinajstić information content (AvgIpc) is 2.53. The van der Waals surface area contributed by atoms with Gasteiger partial charge in [0.25, 0.3) is 0 Å². The summed E-state index contributed by atoms with van der Waals surface area (Å²) >= 11 is 12.2. The van der Waals surface area contributed by atoms with Crippen LogP contribution in [0.25, 0.3) is 0 Å². The van der Waals surface area contributed by atoms with Gasteiger partial charge < -0.3 is 5.11 Å². The maximum Gasteiger partial charge on any atom is 0.0627 e. The third kappa shape index (κ3) is 2.01. The third-order valence-electron chi connectivity index (χ3n) is 3.40. The summed E-state index contributed by atoms with van der Waals surface area (Å²) in [5.74, 6) is 0.604.